The predicted molar refractivity (Wildman–Crippen MR) is 82.9 cm³/mol. The summed E-state index contributed by atoms with van der Waals surface area (Å²) in [6, 6.07) is 4.44. The van der Waals surface area contributed by atoms with E-state index in [-0.39, 0.29) is 6.04 Å². The van der Waals surface area contributed by atoms with Gasteiger partial charge in [-0.25, -0.2) is 4.98 Å². The fraction of sp³-hybridized carbons (Fsp3) is 0.462. The van der Waals surface area contributed by atoms with Crippen molar-refractivity contribution in [1.29, 1.82) is 0 Å². The first-order valence-electron chi connectivity index (χ1n) is 6.12. The van der Waals surface area contributed by atoms with Gasteiger partial charge in [0, 0.05) is 18.2 Å². The average Bonchev–Trinajstić information content (AvgIpc) is 2.93. The predicted octanol–water partition coefficient (Wildman–Crippen LogP) is 3.84. The van der Waals surface area contributed by atoms with E-state index >= 15 is 0 Å². The monoisotopic (exact) mass is 343 g/mol. The van der Waals surface area contributed by atoms with E-state index in [1.54, 1.807) is 18.4 Å². The van der Waals surface area contributed by atoms with Crippen molar-refractivity contribution < 1.29 is 4.74 Å². The fourth-order valence-corrected chi connectivity index (χ4v) is 3.34. The minimum Gasteiger partial charge on any atom is -0.383 e. The van der Waals surface area contributed by atoms with Gasteiger partial charge in [0.1, 0.15) is 0 Å². The van der Waals surface area contributed by atoms with E-state index in [1.807, 2.05) is 6.92 Å². The number of imidazole rings is 1. The van der Waals surface area contributed by atoms with Crippen LogP contribution in [0.25, 0.3) is 0 Å². The normalized spacial score (nSPS) is 12.6. The number of ether oxygens (including phenoxy) is 1. The fourth-order valence-electron chi connectivity index (χ4n) is 1.92. The molecular formula is C13H18BrN3OS. The van der Waals surface area contributed by atoms with Crippen molar-refractivity contribution >= 4 is 33.2 Å². The largest absolute Gasteiger partial charge is 0.383 e. The topological polar surface area (TPSA) is 39.1 Å². The van der Waals surface area contributed by atoms with E-state index in [0.717, 1.165) is 22.0 Å². The maximum absolute atomic E-state index is 5.21. The second kappa shape index (κ2) is 6.54. The molecule has 0 radical (unpaired) electrons. The molecule has 0 bridgehead atoms. The zero-order chi connectivity index (χ0) is 13.8. The molecule has 104 valence electrons. The number of aromatic nitrogens is 2. The summed E-state index contributed by atoms with van der Waals surface area (Å²) in [6.45, 7) is 5.59. The van der Waals surface area contributed by atoms with Crippen LogP contribution < -0.4 is 5.32 Å². The van der Waals surface area contributed by atoms with Gasteiger partial charge in [-0.2, -0.15) is 0 Å². The van der Waals surface area contributed by atoms with Crippen LogP contribution in [0.15, 0.2) is 22.1 Å². The molecule has 0 aromatic carbocycles. The third-order valence-corrected chi connectivity index (χ3v) is 4.41. The van der Waals surface area contributed by atoms with Crippen LogP contribution in [0.3, 0.4) is 0 Å². The minimum absolute atomic E-state index is 0.267. The third-order valence-electron chi connectivity index (χ3n) is 2.79. The summed E-state index contributed by atoms with van der Waals surface area (Å²) >= 11 is 5.20. The van der Waals surface area contributed by atoms with Gasteiger partial charge in [-0.3, -0.25) is 0 Å². The Morgan fingerprint density at radius 1 is 1.53 bits per heavy atom. The van der Waals surface area contributed by atoms with Gasteiger partial charge in [0.2, 0.25) is 5.95 Å². The number of thiophene rings is 1. The quantitative estimate of drug-likeness (QED) is 0.866. The molecule has 2 aromatic heterocycles. The average molecular weight is 344 g/mol. The van der Waals surface area contributed by atoms with Gasteiger partial charge in [0.15, 0.2) is 0 Å². The summed E-state index contributed by atoms with van der Waals surface area (Å²) in [6.07, 6.45) is 2.05. The van der Waals surface area contributed by atoms with Crippen LogP contribution >= 0.6 is 27.3 Å². The van der Waals surface area contributed by atoms with Gasteiger partial charge in [0.25, 0.3) is 0 Å². The molecule has 6 heteroatoms. The zero-order valence-corrected chi connectivity index (χ0v) is 13.7. The summed E-state index contributed by atoms with van der Waals surface area (Å²) < 4.78 is 8.48. The highest BCUT2D eigenvalue weighted by molar-refractivity contribution is 9.11. The molecule has 0 aliphatic carbocycles. The van der Waals surface area contributed by atoms with Crippen LogP contribution in [-0.2, 0) is 11.3 Å². The van der Waals surface area contributed by atoms with Crippen molar-refractivity contribution in [2.45, 2.75) is 26.4 Å². The summed E-state index contributed by atoms with van der Waals surface area (Å²) in [7, 11) is 1.72. The molecular weight excluding hydrogens is 326 g/mol. The molecule has 2 aromatic rings. The summed E-state index contributed by atoms with van der Waals surface area (Å²) in [5, 5.41) is 3.39. The molecule has 0 aliphatic heterocycles. The Kier molecular flexibility index (Phi) is 5.01. The van der Waals surface area contributed by atoms with Crippen LogP contribution in [0.4, 0.5) is 5.95 Å². The van der Waals surface area contributed by atoms with E-state index < -0.39 is 0 Å². The van der Waals surface area contributed by atoms with E-state index in [0.29, 0.717) is 6.61 Å². The highest BCUT2D eigenvalue weighted by Gasteiger charge is 2.11. The SMILES string of the molecule is COCC(C)n1cc(C)nc1NCc1ccc(Br)s1. The molecule has 0 saturated carbocycles. The number of nitrogens with zero attached hydrogens (tertiary/aromatic N) is 2. The van der Waals surface area contributed by atoms with Gasteiger partial charge < -0.3 is 14.6 Å². The Labute approximate surface area is 125 Å². The molecule has 0 saturated heterocycles. The number of aryl methyl sites for hydroxylation is 1. The summed E-state index contributed by atoms with van der Waals surface area (Å²) in [5.41, 5.74) is 1.01. The molecule has 2 rings (SSSR count). The second-order valence-electron chi connectivity index (χ2n) is 4.48. The van der Waals surface area contributed by atoms with Gasteiger partial charge >= 0.3 is 0 Å². The number of hydrogen-bond acceptors (Lipinski definition) is 4. The van der Waals surface area contributed by atoms with Gasteiger partial charge in [-0.1, -0.05) is 0 Å². The molecule has 0 fully saturated rings. The Morgan fingerprint density at radius 2 is 2.32 bits per heavy atom. The first-order valence-corrected chi connectivity index (χ1v) is 7.73. The van der Waals surface area contributed by atoms with Crippen LogP contribution in [0.2, 0.25) is 0 Å². The smallest absolute Gasteiger partial charge is 0.203 e. The molecule has 1 N–H and O–H groups in total. The van der Waals surface area contributed by atoms with Crippen molar-refractivity contribution in [3.05, 3.63) is 32.7 Å². The maximum atomic E-state index is 5.21. The Hall–Kier alpha value is -0.850. The lowest BCUT2D eigenvalue weighted by atomic mass is 10.3. The summed E-state index contributed by atoms with van der Waals surface area (Å²) in [4.78, 5) is 5.80. The number of nitrogens with one attached hydrogen (secondary N) is 1. The second-order valence-corrected chi connectivity index (χ2v) is 7.02. The van der Waals surface area contributed by atoms with E-state index in [4.69, 9.17) is 4.74 Å². The van der Waals surface area contributed by atoms with Gasteiger partial charge in [0.05, 0.1) is 28.7 Å². The molecule has 2 heterocycles. The molecule has 1 unspecified atom stereocenters. The third kappa shape index (κ3) is 3.81. The zero-order valence-electron chi connectivity index (χ0n) is 11.3. The van der Waals surface area contributed by atoms with E-state index in [2.05, 4.69) is 56.1 Å². The number of hydrogen-bond donors (Lipinski definition) is 1. The van der Waals surface area contributed by atoms with Gasteiger partial charge in [-0.05, 0) is 41.9 Å². The lowest BCUT2D eigenvalue weighted by Crippen LogP contribution is -2.14. The Morgan fingerprint density at radius 3 is 2.95 bits per heavy atom. The Balaban J connectivity index is 2.07. The van der Waals surface area contributed by atoms with Crippen LogP contribution in [-0.4, -0.2) is 23.3 Å². The lowest BCUT2D eigenvalue weighted by molar-refractivity contribution is 0.163. The molecule has 19 heavy (non-hydrogen) atoms. The minimum atomic E-state index is 0.267. The maximum Gasteiger partial charge on any atom is 0.203 e. The first-order chi connectivity index (χ1) is 9.10. The van der Waals surface area contributed by atoms with Crippen molar-refractivity contribution in [2.24, 2.45) is 0 Å². The standard InChI is InChI=1S/C13H18BrN3OS/c1-9-7-17(10(2)8-18-3)13(16-9)15-6-11-4-5-12(14)19-11/h4-5,7,10H,6,8H2,1-3H3,(H,15,16). The van der Waals surface area contributed by atoms with Crippen molar-refractivity contribution in [3.63, 3.8) is 0 Å². The number of halogens is 1. The van der Waals surface area contributed by atoms with Crippen LogP contribution in [0, 0.1) is 6.92 Å². The molecule has 0 spiro atoms. The van der Waals surface area contributed by atoms with E-state index in [1.165, 1.54) is 4.88 Å². The molecule has 0 aliphatic rings. The number of anilines is 1. The Bertz CT molecular complexity index is 538. The van der Waals surface area contributed by atoms with Crippen LogP contribution in [0.1, 0.15) is 23.5 Å². The molecule has 4 nitrogen and oxygen atoms in total. The molecule has 1 atom stereocenters. The highest BCUT2D eigenvalue weighted by atomic mass is 79.9. The molecule has 0 amide bonds. The van der Waals surface area contributed by atoms with Crippen molar-refractivity contribution in [3.8, 4) is 0 Å². The first kappa shape index (κ1) is 14.6. The van der Waals surface area contributed by atoms with Crippen molar-refractivity contribution in [2.75, 3.05) is 19.0 Å². The number of methoxy groups -OCH3 is 1. The number of rotatable bonds is 6. The van der Waals surface area contributed by atoms with Crippen molar-refractivity contribution in [1.82, 2.24) is 9.55 Å². The van der Waals surface area contributed by atoms with E-state index in [9.17, 15) is 0 Å². The summed E-state index contributed by atoms with van der Waals surface area (Å²) in [5.74, 6) is 0.895. The highest BCUT2D eigenvalue weighted by Crippen LogP contribution is 2.23. The van der Waals surface area contributed by atoms with Crippen LogP contribution in [0.5, 0.6) is 0 Å². The van der Waals surface area contributed by atoms with Gasteiger partial charge in [-0.15, -0.1) is 11.3 Å². The lowest BCUT2D eigenvalue weighted by Gasteiger charge is -2.15.